The molecule has 0 N–H and O–H groups in total. The molecule has 10 nitrogen and oxygen atoms in total. The number of hydrogen-bond acceptors (Lipinski definition) is 10. The molecule has 2 heterocycles. The molecule has 2 aliphatic heterocycles. The van der Waals surface area contributed by atoms with Crippen LogP contribution in [-0.4, -0.2) is 67.1 Å². The molecule has 2 bridgehead atoms. The zero-order valence-electron chi connectivity index (χ0n) is 20.0. The first-order valence-corrected chi connectivity index (χ1v) is 16.1. The van der Waals surface area contributed by atoms with Crippen molar-refractivity contribution in [2.75, 3.05) is 67.1 Å². The fraction of sp³-hybridized carbons (Fsp3) is 0.455. The topological polar surface area (TPSA) is 102 Å². The predicted molar refractivity (Wildman–Crippen MR) is 139 cm³/mol. The molecule has 0 amide bonds. The number of hydrogen-bond donors (Lipinski definition) is 0. The second-order valence-corrected chi connectivity index (χ2v) is 15.0. The van der Waals surface area contributed by atoms with Gasteiger partial charge in [0.2, 0.25) is 0 Å². The molecule has 4 rings (SSSR count). The van der Waals surface area contributed by atoms with Crippen LogP contribution in [0.1, 0.15) is 0 Å². The van der Waals surface area contributed by atoms with Crippen molar-refractivity contribution in [3.8, 4) is 0 Å². The van der Waals surface area contributed by atoms with Gasteiger partial charge in [0.05, 0.1) is 52.9 Å². The lowest BCUT2D eigenvalue weighted by atomic mass is 10.4. The number of fused-ring (bicyclic) bond motifs is 1. The monoisotopic (exact) mass is 543 g/mol. The molecule has 0 aliphatic carbocycles. The fourth-order valence-corrected chi connectivity index (χ4v) is 14.6. The summed E-state index contributed by atoms with van der Waals surface area (Å²) in [6.07, 6.45) is 0. The summed E-state index contributed by atoms with van der Waals surface area (Å²) >= 11 is 0. The summed E-state index contributed by atoms with van der Waals surface area (Å²) in [6, 6.07) is 19.9. The predicted octanol–water partition coefficient (Wildman–Crippen LogP) is 5.05. The van der Waals surface area contributed by atoms with E-state index in [1.54, 1.807) is 14.2 Å². The third-order valence-electron chi connectivity index (χ3n) is 5.14. The van der Waals surface area contributed by atoms with Crippen molar-refractivity contribution in [3.63, 3.8) is 0 Å². The minimum Gasteiger partial charge on any atom is -0.377 e. The van der Waals surface area contributed by atoms with Gasteiger partial charge in [-0.2, -0.15) is 9.03 Å². The van der Waals surface area contributed by atoms with E-state index < -0.39 is 22.5 Å². The molecule has 2 atom stereocenters. The first-order chi connectivity index (χ1) is 17.2. The molecule has 2 aromatic rings. The molecule has 0 saturated carbocycles. The van der Waals surface area contributed by atoms with Crippen molar-refractivity contribution in [3.05, 3.63) is 60.7 Å². The summed E-state index contributed by atoms with van der Waals surface area (Å²) in [5.74, 6) is 0. The van der Waals surface area contributed by atoms with Gasteiger partial charge in [0, 0.05) is 24.8 Å². The third-order valence-corrected chi connectivity index (χ3v) is 14.9. The third kappa shape index (κ3) is 6.60. The van der Waals surface area contributed by atoms with E-state index in [1.807, 2.05) is 60.7 Å². The molecule has 0 saturated heterocycles. The molecule has 2 unspecified atom stereocenters. The van der Waals surface area contributed by atoms with Gasteiger partial charge >= 0.3 is 15.3 Å². The lowest BCUT2D eigenvalue weighted by Gasteiger charge is -2.34. The van der Waals surface area contributed by atoms with Crippen LogP contribution in [0, 0.1) is 0 Å². The van der Waals surface area contributed by atoms with Crippen molar-refractivity contribution in [1.29, 1.82) is 0 Å². The van der Waals surface area contributed by atoms with Crippen molar-refractivity contribution in [2.45, 2.75) is 0 Å². The van der Waals surface area contributed by atoms with E-state index in [2.05, 4.69) is 0 Å². The molecule has 192 valence electrons. The van der Waals surface area contributed by atoms with E-state index in [9.17, 15) is 0 Å². The molecule has 35 heavy (non-hydrogen) atoms. The molecule has 0 radical (unpaired) electrons. The number of nitrogens with zero attached hydrogens (tertiary/aromatic N) is 3. The van der Waals surface area contributed by atoms with Gasteiger partial charge in [-0.1, -0.05) is 60.7 Å². The van der Waals surface area contributed by atoms with Gasteiger partial charge in [-0.25, -0.2) is 0 Å². The Balaban J connectivity index is 1.90. The van der Waals surface area contributed by atoms with Gasteiger partial charge in [0.25, 0.3) is 0 Å². The van der Waals surface area contributed by atoms with Crippen LogP contribution in [-0.2, 0) is 32.3 Å². The summed E-state index contributed by atoms with van der Waals surface area (Å²) in [5.41, 5.74) is 0. The minimum atomic E-state index is -3.20. The number of rotatable bonds is 4. The SMILES string of the molecule is COP12=NP(OC)(=NP(c3ccccc3)(c3ccccc3)=N1)OCCOCCOCCOCCO2. The van der Waals surface area contributed by atoms with E-state index in [4.69, 9.17) is 45.9 Å². The van der Waals surface area contributed by atoms with Crippen LogP contribution in [0.2, 0.25) is 0 Å². The van der Waals surface area contributed by atoms with Crippen LogP contribution in [0.3, 0.4) is 0 Å². The van der Waals surface area contributed by atoms with Crippen molar-refractivity contribution < 1.29 is 32.3 Å². The molecule has 2 aromatic carbocycles. The van der Waals surface area contributed by atoms with Crippen LogP contribution in [0.4, 0.5) is 0 Å². The van der Waals surface area contributed by atoms with Gasteiger partial charge in [0.15, 0.2) is 0 Å². The lowest BCUT2D eigenvalue weighted by molar-refractivity contribution is 0.00415. The maximum Gasteiger partial charge on any atom is 0.345 e. The zero-order chi connectivity index (χ0) is 24.5. The summed E-state index contributed by atoms with van der Waals surface area (Å²) in [4.78, 5) is 0. The van der Waals surface area contributed by atoms with Crippen LogP contribution < -0.4 is 10.6 Å². The Morgan fingerprint density at radius 1 is 0.543 bits per heavy atom. The molecule has 13 heteroatoms. The van der Waals surface area contributed by atoms with E-state index in [1.165, 1.54) is 0 Å². The molecule has 0 spiro atoms. The Morgan fingerprint density at radius 2 is 0.943 bits per heavy atom. The van der Waals surface area contributed by atoms with Gasteiger partial charge in [-0.3, -0.25) is 0 Å². The summed E-state index contributed by atoms with van der Waals surface area (Å²) in [6.45, 7) is 3.03. The zero-order valence-corrected chi connectivity index (χ0v) is 22.7. The van der Waals surface area contributed by atoms with Crippen molar-refractivity contribution >= 4 is 33.1 Å². The average molecular weight is 543 g/mol. The highest BCUT2D eigenvalue weighted by molar-refractivity contribution is 7.89. The lowest BCUT2D eigenvalue weighted by Crippen LogP contribution is -2.17. The molecule has 0 fully saturated rings. The second-order valence-electron chi connectivity index (χ2n) is 7.39. The highest BCUT2D eigenvalue weighted by Crippen LogP contribution is 2.78. The molecular formula is C22H32N3O7P3. The quantitative estimate of drug-likeness (QED) is 0.498. The first-order valence-electron chi connectivity index (χ1n) is 11.3. The van der Waals surface area contributed by atoms with E-state index in [-0.39, 0.29) is 13.2 Å². The molecule has 0 aromatic heterocycles. The van der Waals surface area contributed by atoms with Crippen LogP contribution in [0.25, 0.3) is 0 Å². The highest BCUT2D eigenvalue weighted by Gasteiger charge is 2.41. The van der Waals surface area contributed by atoms with Crippen LogP contribution in [0.5, 0.6) is 0 Å². The Bertz CT molecular complexity index is 1050. The summed E-state index contributed by atoms with van der Waals surface area (Å²) < 4.78 is 56.6. The van der Waals surface area contributed by atoms with Gasteiger partial charge in [-0.15, -0.1) is 4.52 Å². The smallest absolute Gasteiger partial charge is 0.345 e. The summed E-state index contributed by atoms with van der Waals surface area (Å²) in [7, 11) is -6.12. The number of ether oxygens (including phenoxy) is 3. The maximum atomic E-state index is 6.27. The Morgan fingerprint density at radius 3 is 1.37 bits per heavy atom. The summed E-state index contributed by atoms with van der Waals surface area (Å²) in [5, 5.41) is 1.88. The van der Waals surface area contributed by atoms with Gasteiger partial charge in [0.1, 0.15) is 7.21 Å². The van der Waals surface area contributed by atoms with E-state index in [0.29, 0.717) is 39.6 Å². The Hall–Kier alpha value is -1.15. The van der Waals surface area contributed by atoms with Gasteiger partial charge < -0.3 is 32.3 Å². The molecule has 2 aliphatic rings. The maximum absolute atomic E-state index is 6.27. The first kappa shape index (κ1) is 26.9. The largest absolute Gasteiger partial charge is 0.377 e. The van der Waals surface area contributed by atoms with E-state index >= 15 is 0 Å². The minimum absolute atomic E-state index is 0.241. The van der Waals surface area contributed by atoms with Crippen molar-refractivity contribution in [2.24, 2.45) is 13.5 Å². The van der Waals surface area contributed by atoms with Gasteiger partial charge in [-0.05, 0) is 0 Å². The standard InChI is InChI=1S/C22H32N3O7P3/c1-26-34-23-33(21-9-5-3-6-10-21,22-11-7-4-8-12-22)24-35(25-34,27-2)32-20-18-30-16-14-28-13-15-29-17-19-31-34/h3-12H,13-20H2,1-2H3. The van der Waals surface area contributed by atoms with Crippen molar-refractivity contribution in [1.82, 2.24) is 0 Å². The van der Waals surface area contributed by atoms with Crippen LogP contribution >= 0.6 is 22.5 Å². The molecular weight excluding hydrogens is 511 g/mol. The number of benzene rings is 2. The fourth-order valence-electron chi connectivity index (χ4n) is 3.48. The average Bonchev–Trinajstić information content (AvgIpc) is 2.91. The van der Waals surface area contributed by atoms with E-state index in [0.717, 1.165) is 10.6 Å². The normalized spacial score (nSPS) is 28.2. The highest BCUT2D eigenvalue weighted by atomic mass is 31.3. The second kappa shape index (κ2) is 12.9. The Labute approximate surface area is 206 Å². The Kier molecular flexibility index (Phi) is 9.91. The van der Waals surface area contributed by atoms with Crippen LogP contribution in [0.15, 0.2) is 74.2 Å².